The summed E-state index contributed by atoms with van der Waals surface area (Å²) < 4.78 is 1.02. The molecule has 0 spiro atoms. The molecule has 1 saturated carbocycles. The van der Waals surface area contributed by atoms with Crippen molar-refractivity contribution in [3.05, 3.63) is 33.3 Å². The number of nitrogens with two attached hydrogens (primary N) is 1. The van der Waals surface area contributed by atoms with Gasteiger partial charge in [0, 0.05) is 15.5 Å². The second kappa shape index (κ2) is 7.07. The van der Waals surface area contributed by atoms with Crippen LogP contribution in [-0.2, 0) is 6.42 Å². The van der Waals surface area contributed by atoms with E-state index in [-0.39, 0.29) is 0 Å². The van der Waals surface area contributed by atoms with Crippen LogP contribution in [0.15, 0.2) is 22.7 Å². The van der Waals surface area contributed by atoms with E-state index in [0.717, 1.165) is 21.8 Å². The number of hydrogen-bond donors (Lipinski definition) is 2. The number of hydrogen-bond acceptors (Lipinski definition) is 2. The van der Waals surface area contributed by atoms with Crippen molar-refractivity contribution in [1.82, 2.24) is 5.43 Å². The molecule has 2 rings (SSSR count). The molecule has 1 fully saturated rings. The van der Waals surface area contributed by atoms with E-state index >= 15 is 0 Å². The summed E-state index contributed by atoms with van der Waals surface area (Å²) in [7, 11) is 0. The lowest BCUT2D eigenvalue weighted by atomic mass is 9.77. The molecule has 0 amide bonds. The van der Waals surface area contributed by atoms with Crippen LogP contribution in [0.5, 0.6) is 0 Å². The van der Waals surface area contributed by atoms with Crippen molar-refractivity contribution in [2.75, 3.05) is 0 Å². The van der Waals surface area contributed by atoms with E-state index in [0.29, 0.717) is 12.0 Å². The fraction of sp³-hybridized carbons (Fsp3) is 0.600. The van der Waals surface area contributed by atoms with Gasteiger partial charge in [0.25, 0.3) is 0 Å². The largest absolute Gasteiger partial charge is 0.271 e. The van der Waals surface area contributed by atoms with E-state index < -0.39 is 0 Å². The number of halogens is 2. The van der Waals surface area contributed by atoms with Gasteiger partial charge >= 0.3 is 0 Å². The zero-order valence-corrected chi connectivity index (χ0v) is 13.7. The highest BCUT2D eigenvalue weighted by Gasteiger charge is 2.26. The summed E-state index contributed by atoms with van der Waals surface area (Å²) in [5, 5.41) is 0.818. The molecule has 106 valence electrons. The Kier molecular flexibility index (Phi) is 5.70. The van der Waals surface area contributed by atoms with Gasteiger partial charge in [0.05, 0.1) is 0 Å². The molecule has 2 nitrogen and oxygen atoms in total. The van der Waals surface area contributed by atoms with E-state index in [9.17, 15) is 0 Å². The lowest BCUT2D eigenvalue weighted by Crippen LogP contribution is -2.44. The summed E-state index contributed by atoms with van der Waals surface area (Å²) in [6.07, 6.45) is 6.11. The third-order valence-corrected chi connectivity index (χ3v) is 5.06. The van der Waals surface area contributed by atoms with Gasteiger partial charge < -0.3 is 0 Å². The van der Waals surface area contributed by atoms with Crippen LogP contribution in [0.3, 0.4) is 0 Å². The van der Waals surface area contributed by atoms with Crippen molar-refractivity contribution in [3.8, 4) is 0 Å². The highest BCUT2D eigenvalue weighted by atomic mass is 79.9. The van der Waals surface area contributed by atoms with Crippen LogP contribution in [-0.4, -0.2) is 6.04 Å². The van der Waals surface area contributed by atoms with Crippen LogP contribution >= 0.6 is 27.5 Å². The molecule has 3 N–H and O–H groups in total. The molecule has 0 saturated heterocycles. The van der Waals surface area contributed by atoms with Gasteiger partial charge in [0.2, 0.25) is 0 Å². The smallest absolute Gasteiger partial charge is 0.0449 e. The summed E-state index contributed by atoms with van der Waals surface area (Å²) in [5.41, 5.74) is 4.18. The second-order valence-corrected chi connectivity index (χ2v) is 7.07. The molecule has 3 unspecified atom stereocenters. The summed E-state index contributed by atoms with van der Waals surface area (Å²) in [6.45, 7) is 2.34. The molecular weight excluding hydrogens is 324 g/mol. The Balaban J connectivity index is 2.05. The molecule has 3 atom stereocenters. The first-order valence-corrected chi connectivity index (χ1v) is 8.17. The van der Waals surface area contributed by atoms with Gasteiger partial charge in [0.1, 0.15) is 0 Å². The molecular formula is C15H22BrClN2. The maximum Gasteiger partial charge on any atom is 0.0449 e. The molecule has 4 heteroatoms. The molecule has 0 radical (unpaired) electrons. The van der Waals surface area contributed by atoms with Crippen molar-refractivity contribution in [3.63, 3.8) is 0 Å². The van der Waals surface area contributed by atoms with Gasteiger partial charge in [-0.2, -0.15) is 0 Å². The first-order chi connectivity index (χ1) is 9.10. The van der Waals surface area contributed by atoms with Gasteiger partial charge in [0.15, 0.2) is 0 Å². The van der Waals surface area contributed by atoms with Crippen molar-refractivity contribution < 1.29 is 0 Å². The lowest BCUT2D eigenvalue weighted by molar-refractivity contribution is 0.222. The second-order valence-electron chi connectivity index (χ2n) is 5.74. The predicted octanol–water partition coefficient (Wildman–Crippen LogP) is 4.30. The predicted molar refractivity (Wildman–Crippen MR) is 85.1 cm³/mol. The molecule has 0 heterocycles. The Morgan fingerprint density at radius 1 is 1.47 bits per heavy atom. The summed E-state index contributed by atoms with van der Waals surface area (Å²) >= 11 is 9.74. The minimum atomic E-state index is 0.321. The minimum Gasteiger partial charge on any atom is -0.271 e. The highest BCUT2D eigenvalue weighted by molar-refractivity contribution is 9.10. The zero-order chi connectivity index (χ0) is 13.8. The third-order valence-electron chi connectivity index (χ3n) is 4.22. The SMILES string of the molecule is CC1CCCC(C(Cc2ccc(Br)cc2Cl)NN)C1. The Bertz CT molecular complexity index is 425. The van der Waals surface area contributed by atoms with Crippen LogP contribution in [0.2, 0.25) is 5.02 Å². The number of benzene rings is 1. The van der Waals surface area contributed by atoms with Crippen molar-refractivity contribution in [1.29, 1.82) is 0 Å². The fourth-order valence-electron chi connectivity index (χ4n) is 3.13. The Morgan fingerprint density at radius 2 is 2.26 bits per heavy atom. The van der Waals surface area contributed by atoms with Gasteiger partial charge in [-0.05, 0) is 48.8 Å². The molecule has 1 aliphatic rings. The lowest BCUT2D eigenvalue weighted by Gasteiger charge is -2.33. The zero-order valence-electron chi connectivity index (χ0n) is 11.3. The first-order valence-electron chi connectivity index (χ1n) is 7.00. The minimum absolute atomic E-state index is 0.321. The standard InChI is InChI=1S/C15H22BrClN2/c1-10-3-2-4-12(7-10)15(19-18)8-11-5-6-13(16)9-14(11)17/h5-6,9-10,12,15,19H,2-4,7-8,18H2,1H3. The molecule has 1 aromatic rings. The monoisotopic (exact) mass is 344 g/mol. The van der Waals surface area contributed by atoms with Crippen LogP contribution in [0, 0.1) is 11.8 Å². The van der Waals surface area contributed by atoms with Crippen molar-refractivity contribution in [2.24, 2.45) is 17.7 Å². The maximum atomic E-state index is 6.30. The van der Waals surface area contributed by atoms with Crippen LogP contribution in [0.1, 0.15) is 38.2 Å². The Hall–Kier alpha value is -0.0900. The number of hydrazine groups is 1. The first kappa shape index (κ1) is 15.3. The topological polar surface area (TPSA) is 38.0 Å². The van der Waals surface area contributed by atoms with Gasteiger partial charge in [-0.1, -0.05) is 53.4 Å². The van der Waals surface area contributed by atoms with Crippen LogP contribution < -0.4 is 11.3 Å². The fourth-order valence-corrected chi connectivity index (χ4v) is 3.88. The quantitative estimate of drug-likeness (QED) is 0.630. The van der Waals surface area contributed by atoms with Gasteiger partial charge in [-0.25, -0.2) is 0 Å². The average Bonchev–Trinajstić information content (AvgIpc) is 2.38. The summed E-state index contributed by atoms with van der Waals surface area (Å²) in [6, 6.07) is 6.40. The highest BCUT2D eigenvalue weighted by Crippen LogP contribution is 2.32. The third kappa shape index (κ3) is 4.19. The molecule has 0 aromatic heterocycles. The Labute approximate surface area is 129 Å². The maximum absolute atomic E-state index is 6.30. The normalized spacial score (nSPS) is 25.3. The van der Waals surface area contributed by atoms with Crippen LogP contribution in [0.4, 0.5) is 0 Å². The van der Waals surface area contributed by atoms with E-state index in [1.54, 1.807) is 0 Å². The molecule has 19 heavy (non-hydrogen) atoms. The number of nitrogens with one attached hydrogen (secondary N) is 1. The van der Waals surface area contributed by atoms with Crippen molar-refractivity contribution in [2.45, 2.75) is 45.1 Å². The summed E-state index contributed by atoms with van der Waals surface area (Å²) in [4.78, 5) is 0. The van der Waals surface area contributed by atoms with E-state index in [1.807, 2.05) is 12.1 Å². The van der Waals surface area contributed by atoms with E-state index in [1.165, 1.54) is 31.2 Å². The molecule has 0 aliphatic heterocycles. The van der Waals surface area contributed by atoms with E-state index in [2.05, 4.69) is 34.3 Å². The molecule has 1 aliphatic carbocycles. The van der Waals surface area contributed by atoms with Crippen molar-refractivity contribution >= 4 is 27.5 Å². The average molecular weight is 346 g/mol. The van der Waals surface area contributed by atoms with Crippen LogP contribution in [0.25, 0.3) is 0 Å². The summed E-state index contributed by atoms with van der Waals surface area (Å²) in [5.74, 6) is 7.25. The number of rotatable bonds is 4. The van der Waals surface area contributed by atoms with Gasteiger partial charge in [-0.15, -0.1) is 0 Å². The van der Waals surface area contributed by atoms with E-state index in [4.69, 9.17) is 17.4 Å². The van der Waals surface area contributed by atoms with Gasteiger partial charge in [-0.3, -0.25) is 11.3 Å². The molecule has 1 aromatic carbocycles. The molecule has 0 bridgehead atoms. The Morgan fingerprint density at radius 3 is 2.89 bits per heavy atom.